The molecule has 0 bridgehead atoms. The molecule has 1 aliphatic rings. The summed E-state index contributed by atoms with van der Waals surface area (Å²) in [6.07, 6.45) is 0.929. The largest absolute Gasteiger partial charge is 0.496 e. The topological polar surface area (TPSA) is 66.8 Å². The van der Waals surface area contributed by atoms with Gasteiger partial charge in [0.15, 0.2) is 0 Å². The second-order valence-electron chi connectivity index (χ2n) is 5.25. The Labute approximate surface area is 128 Å². The van der Waals surface area contributed by atoms with Gasteiger partial charge in [-0.15, -0.1) is 0 Å². The van der Waals surface area contributed by atoms with Crippen molar-refractivity contribution in [3.63, 3.8) is 0 Å². The summed E-state index contributed by atoms with van der Waals surface area (Å²) in [6.45, 7) is 2.29. The van der Waals surface area contributed by atoms with Crippen LogP contribution in [0.3, 0.4) is 0 Å². The molecule has 1 N–H and O–H groups in total. The molecule has 0 radical (unpaired) electrons. The summed E-state index contributed by atoms with van der Waals surface area (Å²) >= 11 is 5.95. The van der Waals surface area contributed by atoms with Crippen LogP contribution in [0.15, 0.2) is 18.2 Å². The number of benzene rings is 1. The molecule has 2 atom stereocenters. The normalized spacial score (nSPS) is 22.0. The van der Waals surface area contributed by atoms with Crippen molar-refractivity contribution in [3.8, 4) is 5.75 Å². The smallest absolute Gasteiger partial charge is 0.306 e. The Hall–Kier alpha value is -1.75. The van der Waals surface area contributed by atoms with Gasteiger partial charge in [0.05, 0.1) is 18.6 Å². The van der Waals surface area contributed by atoms with Gasteiger partial charge in [0, 0.05) is 17.6 Å². The third-order valence-electron chi connectivity index (χ3n) is 3.88. The van der Waals surface area contributed by atoms with Crippen molar-refractivity contribution in [2.75, 3.05) is 13.7 Å². The zero-order chi connectivity index (χ0) is 15.6. The first-order chi connectivity index (χ1) is 9.93. The first-order valence-corrected chi connectivity index (χ1v) is 7.19. The van der Waals surface area contributed by atoms with E-state index in [9.17, 15) is 9.59 Å². The van der Waals surface area contributed by atoms with Gasteiger partial charge in [-0.3, -0.25) is 9.59 Å². The Kier molecular flexibility index (Phi) is 4.73. The number of piperidine rings is 1. The van der Waals surface area contributed by atoms with Crippen LogP contribution in [0.1, 0.15) is 30.1 Å². The van der Waals surface area contributed by atoms with E-state index in [4.69, 9.17) is 21.4 Å². The lowest BCUT2D eigenvalue weighted by Crippen LogP contribution is -2.46. The number of aliphatic carboxylic acids is 1. The van der Waals surface area contributed by atoms with Gasteiger partial charge in [-0.2, -0.15) is 0 Å². The number of halogens is 1. The summed E-state index contributed by atoms with van der Waals surface area (Å²) in [7, 11) is 1.50. The molecule has 1 saturated heterocycles. The maximum atomic E-state index is 12.7. The van der Waals surface area contributed by atoms with Crippen LogP contribution in [0.2, 0.25) is 5.02 Å². The fraction of sp³-hybridized carbons (Fsp3) is 0.467. The number of hydrogen-bond acceptors (Lipinski definition) is 3. The summed E-state index contributed by atoms with van der Waals surface area (Å²) in [5.74, 6) is -0.887. The van der Waals surface area contributed by atoms with E-state index >= 15 is 0 Å². The zero-order valence-corrected chi connectivity index (χ0v) is 12.8. The van der Waals surface area contributed by atoms with Crippen LogP contribution in [0.25, 0.3) is 0 Å². The number of methoxy groups -OCH3 is 1. The average molecular weight is 312 g/mol. The molecule has 0 spiro atoms. The molecule has 21 heavy (non-hydrogen) atoms. The minimum Gasteiger partial charge on any atom is -0.496 e. The van der Waals surface area contributed by atoms with Crippen LogP contribution in [0.4, 0.5) is 0 Å². The van der Waals surface area contributed by atoms with E-state index in [0.717, 1.165) is 0 Å². The molecule has 0 aromatic heterocycles. The number of carboxylic acids is 1. The summed E-state index contributed by atoms with van der Waals surface area (Å²) in [5, 5.41) is 9.54. The van der Waals surface area contributed by atoms with Gasteiger partial charge in [0.2, 0.25) is 0 Å². The maximum absolute atomic E-state index is 12.7. The highest BCUT2D eigenvalue weighted by molar-refractivity contribution is 6.31. The molecule has 1 fully saturated rings. The Bertz CT molecular complexity index is 561. The fourth-order valence-electron chi connectivity index (χ4n) is 2.70. The van der Waals surface area contributed by atoms with Gasteiger partial charge < -0.3 is 14.7 Å². The van der Waals surface area contributed by atoms with Crippen LogP contribution >= 0.6 is 11.6 Å². The van der Waals surface area contributed by atoms with Crippen molar-refractivity contribution in [1.82, 2.24) is 4.90 Å². The van der Waals surface area contributed by atoms with Crippen molar-refractivity contribution < 1.29 is 19.4 Å². The average Bonchev–Trinajstić information content (AvgIpc) is 2.46. The van der Waals surface area contributed by atoms with Crippen molar-refractivity contribution in [3.05, 3.63) is 28.8 Å². The third-order valence-corrected chi connectivity index (χ3v) is 4.11. The van der Waals surface area contributed by atoms with Gasteiger partial charge in [0.25, 0.3) is 5.91 Å². The van der Waals surface area contributed by atoms with Crippen molar-refractivity contribution >= 4 is 23.5 Å². The van der Waals surface area contributed by atoms with E-state index < -0.39 is 5.97 Å². The molecule has 2 unspecified atom stereocenters. The lowest BCUT2D eigenvalue weighted by atomic mass is 9.91. The maximum Gasteiger partial charge on any atom is 0.306 e. The van der Waals surface area contributed by atoms with E-state index in [1.807, 2.05) is 6.92 Å². The number of ether oxygens (including phenoxy) is 1. The molecule has 6 heteroatoms. The minimum atomic E-state index is -0.797. The molecular formula is C15H18ClNO4. The number of amides is 1. The third kappa shape index (κ3) is 3.29. The van der Waals surface area contributed by atoms with Gasteiger partial charge in [-0.1, -0.05) is 11.6 Å². The summed E-state index contributed by atoms with van der Waals surface area (Å²) < 4.78 is 5.21. The predicted octanol–water partition coefficient (Wildman–Crippen LogP) is 2.67. The standard InChI is InChI=1S/C15H18ClNO4/c1-9-7-10(15(19)20)5-6-17(9)14(18)12-8-11(16)3-4-13(12)21-2/h3-4,8-10H,5-7H2,1-2H3,(H,19,20). The molecule has 0 saturated carbocycles. The van der Waals surface area contributed by atoms with E-state index in [-0.39, 0.29) is 17.9 Å². The summed E-state index contributed by atoms with van der Waals surface area (Å²) in [5.41, 5.74) is 0.408. The van der Waals surface area contributed by atoms with Crippen LogP contribution in [0, 0.1) is 5.92 Å². The van der Waals surface area contributed by atoms with Gasteiger partial charge in [-0.25, -0.2) is 0 Å². The quantitative estimate of drug-likeness (QED) is 0.932. The molecule has 1 heterocycles. The molecule has 114 valence electrons. The van der Waals surface area contributed by atoms with Crippen LogP contribution in [-0.2, 0) is 4.79 Å². The number of carbonyl (C=O) groups excluding carboxylic acids is 1. The predicted molar refractivity (Wildman–Crippen MR) is 78.9 cm³/mol. The SMILES string of the molecule is COc1ccc(Cl)cc1C(=O)N1CCC(C(=O)O)CC1C. The lowest BCUT2D eigenvalue weighted by Gasteiger charge is -2.36. The van der Waals surface area contributed by atoms with Gasteiger partial charge >= 0.3 is 5.97 Å². The van der Waals surface area contributed by atoms with Crippen LogP contribution in [0.5, 0.6) is 5.75 Å². The van der Waals surface area contributed by atoms with Crippen molar-refractivity contribution in [2.24, 2.45) is 5.92 Å². The Morgan fingerprint density at radius 2 is 2.14 bits per heavy atom. The molecule has 1 aliphatic heterocycles. The highest BCUT2D eigenvalue weighted by Gasteiger charge is 2.33. The second-order valence-corrected chi connectivity index (χ2v) is 5.69. The number of hydrogen-bond donors (Lipinski definition) is 1. The van der Waals surface area contributed by atoms with Crippen LogP contribution in [-0.4, -0.2) is 41.6 Å². The zero-order valence-electron chi connectivity index (χ0n) is 12.0. The highest BCUT2D eigenvalue weighted by atomic mass is 35.5. The number of carboxylic acid groups (broad SMARTS) is 1. The summed E-state index contributed by atoms with van der Waals surface area (Å²) in [4.78, 5) is 25.4. The number of carbonyl (C=O) groups is 2. The molecule has 2 rings (SSSR count). The fourth-order valence-corrected chi connectivity index (χ4v) is 2.87. The minimum absolute atomic E-state index is 0.129. The lowest BCUT2D eigenvalue weighted by molar-refractivity contribution is -0.143. The summed E-state index contributed by atoms with van der Waals surface area (Å²) in [6, 6.07) is 4.77. The number of nitrogens with zero attached hydrogens (tertiary/aromatic N) is 1. The van der Waals surface area contributed by atoms with Crippen molar-refractivity contribution in [1.29, 1.82) is 0 Å². The van der Waals surface area contributed by atoms with Gasteiger partial charge in [-0.05, 0) is 38.0 Å². The number of rotatable bonds is 3. The van der Waals surface area contributed by atoms with Crippen molar-refractivity contribution in [2.45, 2.75) is 25.8 Å². The monoisotopic (exact) mass is 311 g/mol. The Balaban J connectivity index is 2.21. The molecule has 0 aliphatic carbocycles. The number of likely N-dealkylation sites (tertiary alicyclic amines) is 1. The molecule has 5 nitrogen and oxygen atoms in total. The van der Waals surface area contributed by atoms with Crippen LogP contribution < -0.4 is 4.74 Å². The molecule has 1 aromatic rings. The Morgan fingerprint density at radius 1 is 1.43 bits per heavy atom. The molecule has 1 aromatic carbocycles. The van der Waals surface area contributed by atoms with Gasteiger partial charge in [0.1, 0.15) is 5.75 Å². The van der Waals surface area contributed by atoms with E-state index in [1.54, 1.807) is 23.1 Å². The second kappa shape index (κ2) is 6.35. The highest BCUT2D eigenvalue weighted by Crippen LogP contribution is 2.29. The molecule has 1 amide bonds. The van der Waals surface area contributed by atoms with E-state index in [1.165, 1.54) is 7.11 Å². The van der Waals surface area contributed by atoms with E-state index in [2.05, 4.69) is 0 Å². The Morgan fingerprint density at radius 3 is 2.71 bits per heavy atom. The molecular weight excluding hydrogens is 294 g/mol. The first-order valence-electron chi connectivity index (χ1n) is 6.81. The first kappa shape index (κ1) is 15.6. The van der Waals surface area contributed by atoms with E-state index in [0.29, 0.717) is 35.7 Å².